The molecule has 0 saturated carbocycles. The normalized spacial score (nSPS) is 11.3. The van der Waals surface area contributed by atoms with Crippen molar-refractivity contribution in [3.63, 3.8) is 0 Å². The molecule has 0 fully saturated rings. The Balaban J connectivity index is 2.34. The maximum Gasteiger partial charge on any atom is 0.433 e. The van der Waals surface area contributed by atoms with Crippen molar-refractivity contribution < 1.29 is 17.9 Å². The van der Waals surface area contributed by atoms with Crippen LogP contribution in [-0.2, 0) is 6.18 Å². The number of benzene rings is 1. The van der Waals surface area contributed by atoms with Crippen LogP contribution in [0.3, 0.4) is 0 Å². The number of nitrogens with one attached hydrogen (secondary N) is 1. The molecule has 1 heterocycles. The Kier molecular flexibility index (Phi) is 4.53. The Bertz CT molecular complexity index is 636. The lowest BCUT2D eigenvalue weighted by atomic mass is 10.3. The summed E-state index contributed by atoms with van der Waals surface area (Å²) in [5.41, 5.74) is 0.969. The summed E-state index contributed by atoms with van der Waals surface area (Å²) in [6, 6.07) is 7.76. The Hall–Kier alpha value is -2.00. The monoisotopic (exact) mass is 316 g/mol. The molecule has 0 spiro atoms. The van der Waals surface area contributed by atoms with E-state index in [1.54, 1.807) is 24.3 Å². The van der Waals surface area contributed by atoms with Crippen LogP contribution in [-0.4, -0.2) is 17.1 Å². The van der Waals surface area contributed by atoms with Crippen LogP contribution in [0.2, 0.25) is 0 Å². The maximum absolute atomic E-state index is 12.8. The molecule has 21 heavy (non-hydrogen) atoms. The second-order valence-electron chi connectivity index (χ2n) is 3.84. The maximum atomic E-state index is 12.8. The van der Waals surface area contributed by atoms with Crippen molar-refractivity contribution in [1.82, 2.24) is 9.97 Å². The van der Waals surface area contributed by atoms with E-state index in [-0.39, 0.29) is 11.0 Å². The molecule has 2 rings (SSSR count). The topological polar surface area (TPSA) is 73.1 Å². The highest BCUT2D eigenvalue weighted by Gasteiger charge is 2.33. The Morgan fingerprint density at radius 3 is 2.62 bits per heavy atom. The molecule has 112 valence electrons. The predicted molar refractivity (Wildman–Crippen MR) is 72.0 cm³/mol. The number of hydrogen-bond donors (Lipinski definition) is 2. The van der Waals surface area contributed by atoms with Gasteiger partial charge < -0.3 is 4.74 Å². The zero-order chi connectivity index (χ0) is 15.5. The number of nitrogen functional groups attached to an aromatic ring is 1. The number of halogens is 3. The minimum absolute atomic E-state index is 0.124. The van der Waals surface area contributed by atoms with Crippen LogP contribution in [0.4, 0.5) is 19.1 Å². The molecule has 0 amide bonds. The predicted octanol–water partition coefficient (Wildman–Crippen LogP) is 2.94. The van der Waals surface area contributed by atoms with Crippen molar-refractivity contribution >= 4 is 17.7 Å². The van der Waals surface area contributed by atoms with Gasteiger partial charge in [-0.2, -0.15) is 13.2 Å². The van der Waals surface area contributed by atoms with E-state index in [1.165, 1.54) is 7.11 Å². The Morgan fingerprint density at radius 1 is 1.24 bits per heavy atom. The molecule has 0 aliphatic carbocycles. The lowest BCUT2D eigenvalue weighted by Crippen LogP contribution is -2.15. The minimum atomic E-state index is -4.57. The second kappa shape index (κ2) is 6.19. The quantitative estimate of drug-likeness (QED) is 0.513. The number of ether oxygens (including phenoxy) is 1. The van der Waals surface area contributed by atoms with Crippen LogP contribution < -0.4 is 16.0 Å². The van der Waals surface area contributed by atoms with Crippen molar-refractivity contribution in [2.24, 2.45) is 5.84 Å². The van der Waals surface area contributed by atoms with Gasteiger partial charge in [-0.1, -0.05) is 17.8 Å². The summed E-state index contributed by atoms with van der Waals surface area (Å²) >= 11 is 1.05. The van der Waals surface area contributed by atoms with E-state index in [1.807, 2.05) is 5.43 Å². The van der Waals surface area contributed by atoms with Gasteiger partial charge in [-0.05, 0) is 18.2 Å². The summed E-state index contributed by atoms with van der Waals surface area (Å²) in [4.78, 5) is 7.86. The van der Waals surface area contributed by atoms with Gasteiger partial charge in [0.25, 0.3) is 0 Å². The molecule has 0 aliphatic heterocycles. The number of aromatic nitrogens is 2. The molecule has 3 N–H and O–H groups in total. The largest absolute Gasteiger partial charge is 0.497 e. The molecule has 0 atom stereocenters. The lowest BCUT2D eigenvalue weighted by Gasteiger charge is -2.10. The van der Waals surface area contributed by atoms with E-state index in [9.17, 15) is 13.2 Å². The second-order valence-corrected chi connectivity index (χ2v) is 4.93. The first-order valence-corrected chi connectivity index (χ1v) is 6.49. The van der Waals surface area contributed by atoms with Crippen LogP contribution >= 0.6 is 11.8 Å². The van der Waals surface area contributed by atoms with Crippen LogP contribution in [0.5, 0.6) is 5.75 Å². The lowest BCUT2D eigenvalue weighted by molar-refractivity contribution is -0.141. The van der Waals surface area contributed by atoms with Crippen LogP contribution in [0.25, 0.3) is 0 Å². The summed E-state index contributed by atoms with van der Waals surface area (Å²) in [5.74, 6) is 5.40. The van der Waals surface area contributed by atoms with Crippen molar-refractivity contribution in [2.75, 3.05) is 12.5 Å². The van der Waals surface area contributed by atoms with Gasteiger partial charge in [0.1, 0.15) is 10.8 Å². The van der Waals surface area contributed by atoms with Crippen molar-refractivity contribution in [1.29, 1.82) is 0 Å². The van der Waals surface area contributed by atoms with Gasteiger partial charge >= 0.3 is 6.18 Å². The molecular formula is C12H11F3N4OS. The molecule has 5 nitrogen and oxygen atoms in total. The number of anilines is 1. The van der Waals surface area contributed by atoms with Crippen molar-refractivity contribution in [3.05, 3.63) is 36.0 Å². The van der Waals surface area contributed by atoms with E-state index < -0.39 is 11.9 Å². The number of rotatable bonds is 4. The molecule has 0 saturated heterocycles. The van der Waals surface area contributed by atoms with Crippen LogP contribution in [0.15, 0.2) is 40.3 Å². The fraction of sp³-hybridized carbons (Fsp3) is 0.167. The van der Waals surface area contributed by atoms with Crippen LogP contribution in [0, 0.1) is 0 Å². The average molecular weight is 316 g/mol. The van der Waals surface area contributed by atoms with E-state index in [2.05, 4.69) is 9.97 Å². The van der Waals surface area contributed by atoms with Gasteiger partial charge in [0.15, 0.2) is 5.69 Å². The highest BCUT2D eigenvalue weighted by Crippen LogP contribution is 2.34. The Morgan fingerprint density at radius 2 is 2.00 bits per heavy atom. The summed E-state index contributed by atoms with van der Waals surface area (Å²) in [7, 11) is 1.51. The third kappa shape index (κ3) is 3.99. The number of hydrogen-bond acceptors (Lipinski definition) is 6. The van der Waals surface area contributed by atoms with Gasteiger partial charge in [-0.25, -0.2) is 15.8 Å². The van der Waals surface area contributed by atoms with Crippen LogP contribution in [0.1, 0.15) is 5.69 Å². The Labute approximate surface area is 122 Å². The smallest absolute Gasteiger partial charge is 0.433 e. The third-order valence-electron chi connectivity index (χ3n) is 2.39. The van der Waals surface area contributed by atoms with E-state index in [0.717, 1.165) is 17.8 Å². The number of nitrogens with zero attached hydrogens (tertiary/aromatic N) is 2. The van der Waals surface area contributed by atoms with Crippen molar-refractivity contribution in [3.8, 4) is 5.75 Å². The van der Waals surface area contributed by atoms with E-state index >= 15 is 0 Å². The van der Waals surface area contributed by atoms with Gasteiger partial charge in [-0.15, -0.1) is 0 Å². The first-order chi connectivity index (χ1) is 9.92. The third-order valence-corrected chi connectivity index (χ3v) is 3.29. The molecular weight excluding hydrogens is 305 g/mol. The standard InChI is InChI=1S/C12H11F3N4OS/c1-20-7-3-2-4-8(5-7)21-10-6-9(12(13,14)15)17-11(18-10)19-16/h2-6H,16H2,1H3,(H,17,18,19). The zero-order valence-electron chi connectivity index (χ0n) is 10.8. The molecule has 0 unspecified atom stereocenters. The fourth-order valence-corrected chi connectivity index (χ4v) is 2.34. The number of nitrogens with two attached hydrogens (primary N) is 1. The first-order valence-electron chi connectivity index (χ1n) is 5.67. The summed E-state index contributed by atoms with van der Waals surface area (Å²) in [6.07, 6.45) is -4.57. The van der Waals surface area contributed by atoms with Gasteiger partial charge in [0.05, 0.1) is 7.11 Å². The summed E-state index contributed by atoms with van der Waals surface area (Å²) < 4.78 is 43.3. The van der Waals surface area contributed by atoms with Gasteiger partial charge in [0, 0.05) is 11.0 Å². The summed E-state index contributed by atoms with van der Waals surface area (Å²) in [5, 5.41) is 0.124. The van der Waals surface area contributed by atoms with Gasteiger partial charge in [-0.3, -0.25) is 5.43 Å². The highest BCUT2D eigenvalue weighted by atomic mass is 32.2. The molecule has 0 aliphatic rings. The average Bonchev–Trinajstić information content (AvgIpc) is 2.46. The number of alkyl halides is 3. The van der Waals surface area contributed by atoms with E-state index in [4.69, 9.17) is 10.6 Å². The van der Waals surface area contributed by atoms with E-state index in [0.29, 0.717) is 10.6 Å². The number of methoxy groups -OCH3 is 1. The SMILES string of the molecule is COc1cccc(Sc2cc(C(F)(F)F)nc(NN)n2)c1. The minimum Gasteiger partial charge on any atom is -0.497 e. The van der Waals surface area contributed by atoms with Gasteiger partial charge in [0.2, 0.25) is 5.95 Å². The highest BCUT2D eigenvalue weighted by molar-refractivity contribution is 7.99. The zero-order valence-corrected chi connectivity index (χ0v) is 11.6. The van der Waals surface area contributed by atoms with Crippen molar-refractivity contribution in [2.45, 2.75) is 16.1 Å². The molecule has 1 aromatic heterocycles. The first kappa shape index (κ1) is 15.4. The summed E-state index contributed by atoms with van der Waals surface area (Å²) in [6.45, 7) is 0. The molecule has 9 heteroatoms. The number of hydrazine groups is 1. The molecule has 0 bridgehead atoms. The fourth-order valence-electron chi connectivity index (χ4n) is 1.47. The molecule has 2 aromatic rings. The molecule has 0 radical (unpaired) electrons. The molecule has 1 aromatic carbocycles.